The highest BCUT2D eigenvalue weighted by atomic mass is 35.5. The van der Waals surface area contributed by atoms with Crippen LogP contribution in [-0.4, -0.2) is 25.4 Å². The minimum Gasteiger partial charge on any atom is -0.388 e. The summed E-state index contributed by atoms with van der Waals surface area (Å²) in [5.41, 5.74) is -0.804. The molecular formula is C10H14ClN3O3. The molecule has 1 heterocycles. The minimum atomic E-state index is -0.804. The van der Waals surface area contributed by atoms with Crippen molar-refractivity contribution in [2.24, 2.45) is 0 Å². The van der Waals surface area contributed by atoms with Gasteiger partial charge in [-0.25, -0.2) is 0 Å². The van der Waals surface area contributed by atoms with Crippen LogP contribution in [0.4, 0.5) is 5.82 Å². The van der Waals surface area contributed by atoms with Gasteiger partial charge in [0, 0.05) is 0 Å². The van der Waals surface area contributed by atoms with Crippen molar-refractivity contribution in [2.45, 2.75) is 44.2 Å². The molecule has 2 rings (SSSR count). The van der Waals surface area contributed by atoms with Crippen LogP contribution in [0.25, 0.3) is 0 Å². The summed E-state index contributed by atoms with van der Waals surface area (Å²) in [7, 11) is 0. The Labute approximate surface area is 103 Å². The van der Waals surface area contributed by atoms with Gasteiger partial charge in [0.05, 0.1) is 23.4 Å². The summed E-state index contributed by atoms with van der Waals surface area (Å²) in [6, 6.07) is 0. The molecule has 0 aromatic carbocycles. The molecule has 0 atom stereocenters. The van der Waals surface area contributed by atoms with E-state index in [4.69, 9.17) is 11.6 Å². The van der Waals surface area contributed by atoms with E-state index >= 15 is 0 Å². The second-order valence-corrected chi connectivity index (χ2v) is 4.95. The Hall–Kier alpha value is -1.14. The van der Waals surface area contributed by atoms with E-state index in [1.807, 2.05) is 0 Å². The molecule has 1 aromatic heterocycles. The summed E-state index contributed by atoms with van der Waals surface area (Å²) in [4.78, 5) is 9.97. The van der Waals surface area contributed by atoms with E-state index in [1.165, 1.54) is 10.9 Å². The number of aliphatic hydroxyl groups is 1. The molecule has 1 aliphatic carbocycles. The average Bonchev–Trinajstić information content (AvgIpc) is 2.59. The largest absolute Gasteiger partial charge is 0.408 e. The van der Waals surface area contributed by atoms with E-state index in [0.717, 1.165) is 19.3 Å². The van der Waals surface area contributed by atoms with Crippen LogP contribution in [0.3, 0.4) is 0 Å². The van der Waals surface area contributed by atoms with Crippen LogP contribution >= 0.6 is 11.6 Å². The SMILES string of the molecule is O=[N+]([O-])c1nn(CC2(O)CCCCC2)cc1Cl. The summed E-state index contributed by atoms with van der Waals surface area (Å²) >= 11 is 5.70. The van der Waals surface area contributed by atoms with Crippen molar-refractivity contribution >= 4 is 17.4 Å². The first-order valence-electron chi connectivity index (χ1n) is 5.60. The maximum Gasteiger partial charge on any atom is 0.408 e. The number of rotatable bonds is 3. The molecule has 6 nitrogen and oxygen atoms in total. The Kier molecular flexibility index (Phi) is 3.35. The quantitative estimate of drug-likeness (QED) is 0.666. The normalized spacial score (nSPS) is 19.2. The Bertz CT molecular complexity index is 426. The molecule has 1 saturated carbocycles. The molecule has 94 valence electrons. The molecular weight excluding hydrogens is 246 g/mol. The molecule has 1 fully saturated rings. The molecule has 1 aliphatic rings. The van der Waals surface area contributed by atoms with Crippen molar-refractivity contribution < 1.29 is 10.0 Å². The Morgan fingerprint density at radius 2 is 2.18 bits per heavy atom. The van der Waals surface area contributed by atoms with Crippen LogP contribution in [0.1, 0.15) is 32.1 Å². The number of nitro groups is 1. The molecule has 17 heavy (non-hydrogen) atoms. The fraction of sp³-hybridized carbons (Fsp3) is 0.700. The van der Waals surface area contributed by atoms with Crippen LogP contribution in [0.15, 0.2) is 6.20 Å². The molecule has 0 radical (unpaired) electrons. The second kappa shape index (κ2) is 4.62. The first-order chi connectivity index (χ1) is 8.00. The lowest BCUT2D eigenvalue weighted by molar-refractivity contribution is -0.389. The smallest absolute Gasteiger partial charge is 0.388 e. The average molecular weight is 260 g/mol. The van der Waals surface area contributed by atoms with E-state index in [1.54, 1.807) is 0 Å². The first-order valence-corrected chi connectivity index (χ1v) is 5.98. The van der Waals surface area contributed by atoms with Crippen molar-refractivity contribution in [2.75, 3.05) is 0 Å². The Morgan fingerprint density at radius 1 is 1.53 bits per heavy atom. The minimum absolute atomic E-state index is 0.00871. The zero-order valence-corrected chi connectivity index (χ0v) is 10.1. The summed E-state index contributed by atoms with van der Waals surface area (Å²) in [5.74, 6) is -0.355. The van der Waals surface area contributed by atoms with Crippen molar-refractivity contribution in [3.8, 4) is 0 Å². The molecule has 1 N–H and O–H groups in total. The van der Waals surface area contributed by atoms with Crippen molar-refractivity contribution in [1.29, 1.82) is 0 Å². The summed E-state index contributed by atoms with van der Waals surface area (Å²) < 4.78 is 1.37. The molecule has 0 amide bonds. The third-order valence-electron chi connectivity index (χ3n) is 3.11. The summed E-state index contributed by atoms with van der Waals surface area (Å²) in [6.07, 6.45) is 5.90. The van der Waals surface area contributed by atoms with Crippen molar-refractivity contribution in [1.82, 2.24) is 9.78 Å². The molecule has 0 aliphatic heterocycles. The standard InChI is InChI=1S/C10H14ClN3O3/c11-8-6-13(12-9(8)14(16)17)7-10(15)4-2-1-3-5-10/h6,15H,1-5,7H2. The van der Waals surface area contributed by atoms with Gasteiger partial charge in [0.2, 0.25) is 0 Å². The lowest BCUT2D eigenvalue weighted by Crippen LogP contribution is -2.36. The Balaban J connectivity index is 2.13. The van der Waals surface area contributed by atoms with Gasteiger partial charge < -0.3 is 15.2 Å². The van der Waals surface area contributed by atoms with Gasteiger partial charge in [-0.15, -0.1) is 0 Å². The third kappa shape index (κ3) is 2.76. The maximum atomic E-state index is 10.6. The van der Waals surface area contributed by atoms with E-state index in [0.29, 0.717) is 12.8 Å². The second-order valence-electron chi connectivity index (χ2n) is 4.54. The molecule has 0 unspecified atom stereocenters. The number of halogens is 1. The van der Waals surface area contributed by atoms with E-state index in [2.05, 4.69) is 5.10 Å². The van der Waals surface area contributed by atoms with Crippen LogP contribution in [0.2, 0.25) is 5.02 Å². The predicted octanol–water partition coefficient (Wildman–Crippen LogP) is 2.14. The van der Waals surface area contributed by atoms with E-state index in [9.17, 15) is 15.2 Å². The topological polar surface area (TPSA) is 81.2 Å². The van der Waals surface area contributed by atoms with Gasteiger partial charge in [0.25, 0.3) is 0 Å². The van der Waals surface area contributed by atoms with E-state index in [-0.39, 0.29) is 17.4 Å². The molecule has 0 saturated heterocycles. The first kappa shape index (κ1) is 12.3. The van der Waals surface area contributed by atoms with Gasteiger partial charge >= 0.3 is 5.82 Å². The number of hydrogen-bond donors (Lipinski definition) is 1. The van der Waals surface area contributed by atoms with Gasteiger partial charge in [0.1, 0.15) is 0 Å². The number of nitrogens with zero attached hydrogens (tertiary/aromatic N) is 3. The van der Waals surface area contributed by atoms with Gasteiger partial charge in [-0.2, -0.15) is 4.68 Å². The number of aromatic nitrogens is 2. The van der Waals surface area contributed by atoms with Gasteiger partial charge in [-0.1, -0.05) is 30.9 Å². The summed E-state index contributed by atoms with van der Waals surface area (Å²) in [5, 5.41) is 24.7. The monoisotopic (exact) mass is 259 g/mol. The zero-order chi connectivity index (χ0) is 12.5. The van der Waals surface area contributed by atoms with Crippen LogP contribution in [0.5, 0.6) is 0 Å². The Morgan fingerprint density at radius 3 is 2.71 bits per heavy atom. The van der Waals surface area contributed by atoms with Crippen LogP contribution in [0, 0.1) is 10.1 Å². The van der Waals surface area contributed by atoms with Crippen LogP contribution < -0.4 is 0 Å². The maximum absolute atomic E-state index is 10.6. The lowest BCUT2D eigenvalue weighted by atomic mass is 9.85. The van der Waals surface area contributed by atoms with Gasteiger partial charge in [-0.05, 0) is 17.8 Å². The predicted molar refractivity (Wildman–Crippen MR) is 61.9 cm³/mol. The fourth-order valence-corrected chi connectivity index (χ4v) is 2.48. The molecule has 1 aromatic rings. The molecule has 0 spiro atoms. The van der Waals surface area contributed by atoms with Gasteiger partial charge in [0.15, 0.2) is 5.02 Å². The number of hydrogen-bond acceptors (Lipinski definition) is 4. The lowest BCUT2D eigenvalue weighted by Gasteiger charge is -2.30. The molecule has 7 heteroatoms. The highest BCUT2D eigenvalue weighted by molar-refractivity contribution is 6.32. The van der Waals surface area contributed by atoms with Crippen LogP contribution in [-0.2, 0) is 6.54 Å². The third-order valence-corrected chi connectivity index (χ3v) is 3.38. The van der Waals surface area contributed by atoms with E-state index < -0.39 is 10.5 Å². The highest BCUT2D eigenvalue weighted by Gasteiger charge is 2.32. The van der Waals surface area contributed by atoms with Crippen molar-refractivity contribution in [3.63, 3.8) is 0 Å². The zero-order valence-electron chi connectivity index (χ0n) is 9.30. The fourth-order valence-electron chi connectivity index (χ4n) is 2.26. The van der Waals surface area contributed by atoms with Crippen molar-refractivity contribution in [3.05, 3.63) is 21.3 Å². The summed E-state index contributed by atoms with van der Waals surface area (Å²) in [6.45, 7) is 0.264. The molecule has 0 bridgehead atoms. The highest BCUT2D eigenvalue weighted by Crippen LogP contribution is 2.30. The van der Waals surface area contributed by atoms with Gasteiger partial charge in [-0.3, -0.25) is 0 Å².